The van der Waals surface area contributed by atoms with Crippen molar-refractivity contribution in [1.29, 1.82) is 0 Å². The van der Waals surface area contributed by atoms with Crippen LogP contribution in [0.25, 0.3) is 56.4 Å². The second-order valence-electron chi connectivity index (χ2n) is 16.8. The van der Waals surface area contributed by atoms with E-state index in [2.05, 4.69) is 121 Å². The summed E-state index contributed by atoms with van der Waals surface area (Å²) in [7, 11) is -2.29. The molecule has 0 spiro atoms. The van der Waals surface area contributed by atoms with Gasteiger partial charge in [-0.1, -0.05) is 158 Å². The average molecular weight is 748 g/mol. The Balaban J connectivity index is 1.03. The van der Waals surface area contributed by atoms with Crippen molar-refractivity contribution in [2.24, 2.45) is 23.7 Å². The number of aromatic nitrogens is 3. The molecule has 0 radical (unpaired) electrons. The van der Waals surface area contributed by atoms with Gasteiger partial charge in [0.2, 0.25) is 0 Å². The fourth-order valence-corrected chi connectivity index (χ4v) is 11.5. The Morgan fingerprint density at radius 1 is 0.411 bits per heavy atom. The lowest BCUT2D eigenvalue weighted by Gasteiger charge is -2.62. The summed E-state index contributed by atoms with van der Waals surface area (Å²) in [6.07, 6.45) is 6.66. The van der Waals surface area contributed by atoms with Gasteiger partial charge in [0.15, 0.2) is 17.5 Å². The Morgan fingerprint density at radius 3 is 1.16 bits per heavy atom. The largest absolute Gasteiger partial charge is 0.319 e. The molecule has 6 aromatic carbocycles. The quantitative estimate of drug-likeness (QED) is 0.145. The Kier molecular flexibility index (Phi) is 8.71. The van der Waals surface area contributed by atoms with Crippen LogP contribution in [0.4, 0.5) is 0 Å². The van der Waals surface area contributed by atoms with E-state index in [9.17, 15) is 4.57 Å². The number of hydrogen-bond acceptors (Lipinski definition) is 4. The molecule has 4 aliphatic carbocycles. The highest BCUT2D eigenvalue weighted by Crippen LogP contribution is 2.65. The molecule has 0 N–H and O–H groups in total. The highest BCUT2D eigenvalue weighted by atomic mass is 31.2. The van der Waals surface area contributed by atoms with Crippen LogP contribution in [0.5, 0.6) is 0 Å². The van der Waals surface area contributed by atoms with Crippen LogP contribution < -0.4 is 5.30 Å². The van der Waals surface area contributed by atoms with Gasteiger partial charge in [-0.05, 0) is 102 Å². The summed E-state index contributed by atoms with van der Waals surface area (Å²) in [4.78, 5) is 15.2. The first-order valence-electron chi connectivity index (χ1n) is 20.2. The van der Waals surface area contributed by atoms with Crippen molar-refractivity contribution in [3.63, 3.8) is 0 Å². The Hall–Kier alpha value is -5.44. The van der Waals surface area contributed by atoms with E-state index in [-0.39, 0.29) is 5.41 Å². The van der Waals surface area contributed by atoms with Gasteiger partial charge in [0, 0.05) is 27.4 Å². The smallest absolute Gasteiger partial charge is 0.164 e. The van der Waals surface area contributed by atoms with Gasteiger partial charge in [-0.2, -0.15) is 0 Å². The summed E-state index contributed by atoms with van der Waals surface area (Å²) >= 11 is 0. The summed E-state index contributed by atoms with van der Waals surface area (Å²) < 4.78 is 12.7. The van der Waals surface area contributed by atoms with E-state index >= 15 is 0 Å². The predicted octanol–water partition coefficient (Wildman–Crippen LogP) is 12.2. The van der Waals surface area contributed by atoms with Gasteiger partial charge in [0.05, 0.1) is 0 Å². The molecule has 0 unspecified atom stereocenters. The highest BCUT2D eigenvalue weighted by molar-refractivity contribution is 7.70. The molecule has 0 aliphatic heterocycles. The maximum Gasteiger partial charge on any atom is 0.164 e. The minimum absolute atomic E-state index is 0.0225. The predicted molar refractivity (Wildman–Crippen MR) is 230 cm³/mol. The van der Waals surface area contributed by atoms with Crippen LogP contribution in [-0.2, 0) is 9.98 Å². The van der Waals surface area contributed by atoms with Crippen molar-refractivity contribution in [3.8, 4) is 56.4 Å². The van der Waals surface area contributed by atoms with Gasteiger partial charge in [-0.3, -0.25) is 0 Å². The van der Waals surface area contributed by atoms with Crippen LogP contribution in [0.1, 0.15) is 43.2 Å². The monoisotopic (exact) mass is 747 g/mol. The van der Waals surface area contributed by atoms with E-state index < -0.39 is 7.14 Å². The Labute approximate surface area is 330 Å². The minimum Gasteiger partial charge on any atom is -0.319 e. The molecule has 56 heavy (non-hydrogen) atoms. The third kappa shape index (κ3) is 6.25. The zero-order valence-corrected chi connectivity index (χ0v) is 32.9. The van der Waals surface area contributed by atoms with Gasteiger partial charge in [0.1, 0.15) is 7.14 Å². The molecule has 11 rings (SSSR count). The number of nitrogens with zero attached hydrogens (tertiary/aromatic N) is 3. The van der Waals surface area contributed by atoms with E-state index in [0.717, 1.165) is 45.0 Å². The Morgan fingerprint density at radius 2 is 0.732 bits per heavy atom. The zero-order valence-electron chi connectivity index (χ0n) is 32.1. The van der Waals surface area contributed by atoms with E-state index in [1.54, 1.807) is 0 Å². The summed E-state index contributed by atoms with van der Waals surface area (Å²) in [5.74, 6) is 5.01. The van der Waals surface area contributed by atoms with Crippen molar-refractivity contribution in [2.75, 3.05) is 13.3 Å². The SMILES string of the molecule is CP(C)(=O)c1ccc(-c2ccc(C3(c4ccc(-c5nc(-c6ccccc6)nc(-c6ccc(-c7ccccc7)cc6)n5)cc4)C4CC5CC(C4)CC3C5)cc2)cc1. The molecule has 1 aromatic heterocycles. The molecule has 0 saturated heterocycles. The fraction of sp³-hybridized carbons (Fsp3) is 0.235. The zero-order chi connectivity index (χ0) is 37.9. The number of rotatable bonds is 8. The topological polar surface area (TPSA) is 55.7 Å². The standard InChI is InChI=1S/C51H46N3OP/c1-56(2,55)47-27-21-39(22-28-47)38-17-23-43(24-18-38)51(45-30-34-29-35(32-45)33-46(51)31-34)44-25-19-42(20-26-44)50-53-48(40-11-7-4-8-12-40)52-49(54-50)41-15-13-37(14-16-41)36-9-5-3-6-10-36/h3-28,34-35,45-46H,29-33H2,1-2H3. The molecule has 0 amide bonds. The van der Waals surface area contributed by atoms with Crippen LogP contribution in [-0.4, -0.2) is 28.3 Å². The van der Waals surface area contributed by atoms with Crippen molar-refractivity contribution in [3.05, 3.63) is 169 Å². The van der Waals surface area contributed by atoms with Crippen LogP contribution in [0.3, 0.4) is 0 Å². The van der Waals surface area contributed by atoms with Gasteiger partial charge in [-0.15, -0.1) is 0 Å². The van der Waals surface area contributed by atoms with Gasteiger partial charge in [0.25, 0.3) is 0 Å². The van der Waals surface area contributed by atoms with E-state index in [4.69, 9.17) is 15.0 Å². The molecule has 4 bridgehead atoms. The molecule has 276 valence electrons. The highest BCUT2D eigenvalue weighted by Gasteiger charge is 2.58. The van der Waals surface area contributed by atoms with Crippen molar-refractivity contribution < 1.29 is 4.57 Å². The third-order valence-electron chi connectivity index (χ3n) is 13.1. The molecule has 4 nitrogen and oxygen atoms in total. The molecule has 4 fully saturated rings. The summed E-state index contributed by atoms with van der Waals surface area (Å²) in [6, 6.07) is 56.2. The summed E-state index contributed by atoms with van der Waals surface area (Å²) in [5.41, 5.74) is 10.5. The average Bonchev–Trinajstić information content (AvgIpc) is 3.24. The lowest BCUT2D eigenvalue weighted by molar-refractivity contribution is -0.0418. The van der Waals surface area contributed by atoms with E-state index in [1.165, 1.54) is 54.4 Å². The molecule has 4 saturated carbocycles. The molecular weight excluding hydrogens is 702 g/mol. The van der Waals surface area contributed by atoms with Crippen LogP contribution in [0, 0.1) is 23.7 Å². The molecule has 7 aromatic rings. The summed E-state index contributed by atoms with van der Waals surface area (Å²) in [5, 5.41) is 0.927. The minimum atomic E-state index is -2.29. The third-order valence-corrected chi connectivity index (χ3v) is 14.7. The Bertz CT molecular complexity index is 2520. The van der Waals surface area contributed by atoms with Crippen molar-refractivity contribution >= 4 is 12.4 Å². The normalized spacial score (nSPS) is 22.6. The maximum atomic E-state index is 12.7. The maximum absolute atomic E-state index is 12.7. The van der Waals surface area contributed by atoms with Crippen LogP contribution in [0.15, 0.2) is 158 Å². The number of hydrogen-bond donors (Lipinski definition) is 0. The van der Waals surface area contributed by atoms with Crippen molar-refractivity contribution in [1.82, 2.24) is 15.0 Å². The van der Waals surface area contributed by atoms with Crippen molar-refractivity contribution in [2.45, 2.75) is 37.5 Å². The number of benzene rings is 6. The molecule has 4 aliphatic rings. The fourth-order valence-electron chi connectivity index (χ4n) is 10.7. The molecule has 1 heterocycles. The first-order valence-corrected chi connectivity index (χ1v) is 22.8. The van der Waals surface area contributed by atoms with Gasteiger partial charge >= 0.3 is 0 Å². The van der Waals surface area contributed by atoms with Crippen LogP contribution in [0.2, 0.25) is 0 Å². The second kappa shape index (κ2) is 13.9. The van der Waals surface area contributed by atoms with Gasteiger partial charge in [-0.25, -0.2) is 15.0 Å². The molecule has 5 heteroatoms. The molecular formula is C51H46N3OP. The van der Waals surface area contributed by atoms with E-state index in [0.29, 0.717) is 29.3 Å². The second-order valence-corrected chi connectivity index (χ2v) is 20.1. The van der Waals surface area contributed by atoms with Gasteiger partial charge < -0.3 is 4.57 Å². The molecule has 0 atom stereocenters. The first-order chi connectivity index (χ1) is 27.3. The van der Waals surface area contributed by atoms with Crippen LogP contribution >= 0.6 is 7.14 Å². The summed E-state index contributed by atoms with van der Waals surface area (Å²) in [6.45, 7) is 3.67. The lowest BCUT2D eigenvalue weighted by atomic mass is 9.42. The lowest BCUT2D eigenvalue weighted by Crippen LogP contribution is -2.56. The van der Waals surface area contributed by atoms with E-state index in [1.807, 2.05) is 49.7 Å². The first kappa shape index (κ1) is 35.0.